The Morgan fingerprint density at radius 2 is 1.30 bits per heavy atom. The molecule has 44 heavy (non-hydrogen) atoms. The molecule has 2 aliphatic rings. The lowest BCUT2D eigenvalue weighted by Gasteiger charge is -2.41. The molecule has 8 nitrogen and oxygen atoms in total. The van der Waals surface area contributed by atoms with Gasteiger partial charge < -0.3 is 25.8 Å². The first-order valence-corrected chi connectivity index (χ1v) is 15.5. The van der Waals surface area contributed by atoms with Gasteiger partial charge in [0.25, 0.3) is 5.91 Å². The number of hydrogen-bond donors (Lipinski definition) is 3. The molecular weight excluding hydrogens is 548 g/mol. The van der Waals surface area contributed by atoms with Gasteiger partial charge in [-0.25, -0.2) is 4.79 Å². The Labute approximate surface area is 259 Å². The Morgan fingerprint density at radius 1 is 0.705 bits per heavy atom. The summed E-state index contributed by atoms with van der Waals surface area (Å²) in [5, 5.41) is 9.34. The topological polar surface area (TPSA) is 79.9 Å². The number of anilines is 2. The summed E-state index contributed by atoms with van der Waals surface area (Å²) >= 11 is 0. The number of nitrogens with zero attached hydrogens (tertiary/aromatic N) is 3. The molecule has 6 rings (SSSR count). The number of rotatable bonds is 8. The third-order valence-electron chi connectivity index (χ3n) is 8.44. The second-order valence-corrected chi connectivity index (χ2v) is 11.3. The zero-order valence-electron chi connectivity index (χ0n) is 25.0. The van der Waals surface area contributed by atoms with Crippen molar-refractivity contribution in [1.29, 1.82) is 0 Å². The minimum absolute atomic E-state index is 0.0100. The van der Waals surface area contributed by atoms with Crippen LogP contribution < -0.4 is 20.9 Å². The highest BCUT2D eigenvalue weighted by atomic mass is 16.2. The Kier molecular flexibility index (Phi) is 9.50. The molecule has 0 unspecified atom stereocenters. The van der Waals surface area contributed by atoms with Crippen molar-refractivity contribution in [2.75, 3.05) is 62.6 Å². The highest BCUT2D eigenvalue weighted by Gasteiger charge is 2.28. The maximum atomic E-state index is 13.4. The molecule has 3 amide bonds. The van der Waals surface area contributed by atoms with E-state index in [0.717, 1.165) is 50.5 Å². The third kappa shape index (κ3) is 7.10. The van der Waals surface area contributed by atoms with Crippen molar-refractivity contribution in [1.82, 2.24) is 20.4 Å². The van der Waals surface area contributed by atoms with E-state index in [0.29, 0.717) is 30.9 Å². The van der Waals surface area contributed by atoms with Crippen molar-refractivity contribution in [3.8, 4) is 0 Å². The average molecular weight is 589 g/mol. The summed E-state index contributed by atoms with van der Waals surface area (Å²) in [6, 6.07) is 36.8. The molecule has 2 aliphatic heterocycles. The van der Waals surface area contributed by atoms with Gasteiger partial charge in [0.1, 0.15) is 0 Å². The molecule has 8 heteroatoms. The Morgan fingerprint density at radius 3 is 1.91 bits per heavy atom. The zero-order valence-corrected chi connectivity index (χ0v) is 25.0. The van der Waals surface area contributed by atoms with Gasteiger partial charge in [-0.1, -0.05) is 91.0 Å². The van der Waals surface area contributed by atoms with Gasteiger partial charge in [-0.05, 0) is 34.9 Å². The number of carbonyl (C=O) groups excluding carboxylic acids is 2. The van der Waals surface area contributed by atoms with Gasteiger partial charge in [-0.3, -0.25) is 9.69 Å². The average Bonchev–Trinajstić information content (AvgIpc) is 3.09. The molecule has 2 saturated heterocycles. The van der Waals surface area contributed by atoms with Crippen molar-refractivity contribution in [2.24, 2.45) is 0 Å². The lowest BCUT2D eigenvalue weighted by atomic mass is 9.96. The SMILES string of the molecule is O=C(NCc1ccccc1)Nc1cc(C(=O)N2CCNCC2)ccc1N1CCN(C(c2ccccc2)c2ccccc2)CC1. The highest BCUT2D eigenvalue weighted by Crippen LogP contribution is 2.33. The van der Waals surface area contributed by atoms with E-state index in [1.807, 2.05) is 53.4 Å². The zero-order chi connectivity index (χ0) is 30.1. The van der Waals surface area contributed by atoms with Crippen molar-refractivity contribution in [2.45, 2.75) is 12.6 Å². The van der Waals surface area contributed by atoms with Gasteiger partial charge in [0.2, 0.25) is 0 Å². The fraction of sp³-hybridized carbons (Fsp3) is 0.278. The Bertz CT molecular complexity index is 1480. The summed E-state index contributed by atoms with van der Waals surface area (Å²) < 4.78 is 0. The summed E-state index contributed by atoms with van der Waals surface area (Å²) in [4.78, 5) is 33.2. The second-order valence-electron chi connectivity index (χ2n) is 11.3. The molecule has 0 aromatic heterocycles. The van der Waals surface area contributed by atoms with Crippen molar-refractivity contribution >= 4 is 23.3 Å². The van der Waals surface area contributed by atoms with E-state index < -0.39 is 0 Å². The first kappa shape index (κ1) is 29.4. The predicted octanol–water partition coefficient (Wildman–Crippen LogP) is 4.97. The largest absolute Gasteiger partial charge is 0.367 e. The lowest BCUT2D eigenvalue weighted by Crippen LogP contribution is -2.48. The molecule has 0 radical (unpaired) electrons. The molecular formula is C36H40N6O2. The van der Waals surface area contributed by atoms with Crippen LogP contribution in [0.1, 0.15) is 33.1 Å². The number of urea groups is 1. The summed E-state index contributed by atoms with van der Waals surface area (Å²) in [5.41, 5.74) is 5.73. The number of piperazine rings is 2. The number of amides is 3. The molecule has 4 aromatic carbocycles. The number of carbonyl (C=O) groups is 2. The normalized spacial score (nSPS) is 15.7. The van der Waals surface area contributed by atoms with Crippen LogP contribution >= 0.6 is 0 Å². The number of nitrogens with one attached hydrogen (secondary N) is 3. The van der Waals surface area contributed by atoms with E-state index in [4.69, 9.17) is 0 Å². The van der Waals surface area contributed by atoms with Gasteiger partial charge in [-0.15, -0.1) is 0 Å². The van der Waals surface area contributed by atoms with E-state index in [1.165, 1.54) is 11.1 Å². The monoisotopic (exact) mass is 588 g/mol. The fourth-order valence-electron chi connectivity index (χ4n) is 6.15. The van der Waals surface area contributed by atoms with E-state index in [-0.39, 0.29) is 18.0 Å². The van der Waals surface area contributed by atoms with Crippen LogP contribution in [0.15, 0.2) is 109 Å². The maximum Gasteiger partial charge on any atom is 0.319 e. The lowest BCUT2D eigenvalue weighted by molar-refractivity contribution is 0.0736. The first-order valence-electron chi connectivity index (χ1n) is 15.5. The molecule has 0 spiro atoms. The summed E-state index contributed by atoms with van der Waals surface area (Å²) in [6.45, 7) is 6.64. The molecule has 2 fully saturated rings. The van der Waals surface area contributed by atoms with Crippen molar-refractivity contribution in [3.63, 3.8) is 0 Å². The smallest absolute Gasteiger partial charge is 0.319 e. The Hall–Kier alpha value is -4.66. The van der Waals surface area contributed by atoms with Crippen molar-refractivity contribution < 1.29 is 9.59 Å². The fourth-order valence-corrected chi connectivity index (χ4v) is 6.15. The van der Waals surface area contributed by atoms with Crippen molar-refractivity contribution in [3.05, 3.63) is 131 Å². The molecule has 0 aliphatic carbocycles. The third-order valence-corrected chi connectivity index (χ3v) is 8.44. The van der Waals surface area contributed by atoms with Gasteiger partial charge in [0.05, 0.1) is 17.4 Å². The Balaban J connectivity index is 1.21. The van der Waals surface area contributed by atoms with E-state index in [2.05, 4.69) is 86.4 Å². The van der Waals surface area contributed by atoms with Crippen LogP contribution in [0.5, 0.6) is 0 Å². The maximum absolute atomic E-state index is 13.4. The van der Waals surface area contributed by atoms with Crippen LogP contribution in [-0.4, -0.2) is 74.1 Å². The number of benzene rings is 4. The minimum atomic E-state index is -0.297. The molecule has 0 saturated carbocycles. The highest BCUT2D eigenvalue weighted by molar-refractivity contribution is 5.99. The van der Waals surface area contributed by atoms with Crippen LogP contribution in [0.2, 0.25) is 0 Å². The van der Waals surface area contributed by atoms with Gasteiger partial charge in [-0.2, -0.15) is 0 Å². The quantitative estimate of drug-likeness (QED) is 0.271. The van der Waals surface area contributed by atoms with E-state index >= 15 is 0 Å². The summed E-state index contributed by atoms with van der Waals surface area (Å²) in [7, 11) is 0. The molecule has 0 bridgehead atoms. The summed E-state index contributed by atoms with van der Waals surface area (Å²) in [6.07, 6.45) is 0. The minimum Gasteiger partial charge on any atom is -0.367 e. The van der Waals surface area contributed by atoms with Crippen LogP contribution in [0.25, 0.3) is 0 Å². The summed E-state index contributed by atoms with van der Waals surface area (Å²) in [5.74, 6) is -0.0100. The standard InChI is InChI=1S/C36H40N6O2/c43-35(42-20-18-37-19-21-42)31-16-17-33(32(26-31)39-36(44)38-27-28-10-4-1-5-11-28)40-22-24-41(25-23-40)34(29-12-6-2-7-13-29)30-14-8-3-9-15-30/h1-17,26,34,37H,18-25,27H2,(H2,38,39,44). The van der Waals surface area contributed by atoms with Crippen LogP contribution in [-0.2, 0) is 6.54 Å². The van der Waals surface area contributed by atoms with Gasteiger partial charge >= 0.3 is 6.03 Å². The molecule has 0 atom stereocenters. The molecule has 3 N–H and O–H groups in total. The predicted molar refractivity (Wildman–Crippen MR) is 176 cm³/mol. The van der Waals surface area contributed by atoms with Crippen LogP contribution in [0.3, 0.4) is 0 Å². The van der Waals surface area contributed by atoms with E-state index in [9.17, 15) is 9.59 Å². The van der Waals surface area contributed by atoms with Crippen LogP contribution in [0, 0.1) is 0 Å². The molecule has 4 aromatic rings. The van der Waals surface area contributed by atoms with Crippen LogP contribution in [0.4, 0.5) is 16.2 Å². The van der Waals surface area contributed by atoms with Gasteiger partial charge in [0.15, 0.2) is 0 Å². The number of hydrogen-bond acceptors (Lipinski definition) is 5. The van der Waals surface area contributed by atoms with Gasteiger partial charge in [0, 0.05) is 64.5 Å². The second kappa shape index (κ2) is 14.2. The molecule has 2 heterocycles. The first-order chi connectivity index (χ1) is 21.7. The molecule has 226 valence electrons. The van der Waals surface area contributed by atoms with E-state index in [1.54, 1.807) is 0 Å².